The summed E-state index contributed by atoms with van der Waals surface area (Å²) in [6.07, 6.45) is 0.992. The van der Waals surface area contributed by atoms with Crippen molar-refractivity contribution in [3.63, 3.8) is 0 Å². The number of aryl methyl sites for hydroxylation is 1. The number of H-pyrrole nitrogens is 1. The fourth-order valence-electron chi connectivity index (χ4n) is 1.90. The number of rotatable bonds is 2. The number of hydrogen-bond donors (Lipinski definition) is 3. The fraction of sp³-hybridized carbons (Fsp3) is 0.182. The number of fused-ring (bicyclic) bond motifs is 3. The zero-order valence-corrected chi connectivity index (χ0v) is 9.36. The number of nitrogens with one attached hydrogen (secondary N) is 2. The summed E-state index contributed by atoms with van der Waals surface area (Å²) >= 11 is 0. The van der Waals surface area contributed by atoms with Crippen molar-refractivity contribution in [1.29, 1.82) is 0 Å². The van der Waals surface area contributed by atoms with Crippen molar-refractivity contribution in [2.45, 2.75) is 13.3 Å². The van der Waals surface area contributed by atoms with Gasteiger partial charge in [0.1, 0.15) is 5.52 Å². The Morgan fingerprint density at radius 1 is 1.35 bits per heavy atom. The van der Waals surface area contributed by atoms with Gasteiger partial charge in [-0.15, -0.1) is 10.2 Å². The average Bonchev–Trinajstić information content (AvgIpc) is 2.74. The van der Waals surface area contributed by atoms with Crippen LogP contribution in [-0.2, 0) is 6.42 Å². The Labute approximate surface area is 97.2 Å². The lowest BCUT2D eigenvalue weighted by molar-refractivity contribution is 1.01. The SMILES string of the molecule is CCc1ccc2[nH]c3nc(NN)nnc3c2c1. The lowest BCUT2D eigenvalue weighted by Gasteiger charge is -1.96. The summed E-state index contributed by atoms with van der Waals surface area (Å²) in [5.41, 5.74) is 6.12. The summed E-state index contributed by atoms with van der Waals surface area (Å²) in [6, 6.07) is 6.24. The number of anilines is 1. The molecule has 3 aromatic rings. The van der Waals surface area contributed by atoms with Crippen LogP contribution in [0.5, 0.6) is 0 Å². The van der Waals surface area contributed by atoms with E-state index in [4.69, 9.17) is 5.84 Å². The van der Waals surface area contributed by atoms with E-state index < -0.39 is 0 Å². The summed E-state index contributed by atoms with van der Waals surface area (Å²) in [6.45, 7) is 2.12. The predicted octanol–water partition coefficient (Wildman–Crippen LogP) is 1.35. The normalized spacial score (nSPS) is 11.2. The van der Waals surface area contributed by atoms with Gasteiger partial charge < -0.3 is 4.98 Å². The highest BCUT2D eigenvalue weighted by Gasteiger charge is 2.08. The third-order valence-corrected chi connectivity index (χ3v) is 2.82. The smallest absolute Gasteiger partial charge is 0.258 e. The molecule has 0 aliphatic carbocycles. The van der Waals surface area contributed by atoms with E-state index in [1.807, 2.05) is 6.07 Å². The van der Waals surface area contributed by atoms with E-state index in [1.54, 1.807) is 0 Å². The number of nitrogens with two attached hydrogens (primary N) is 1. The molecule has 0 saturated carbocycles. The van der Waals surface area contributed by atoms with Crippen molar-refractivity contribution < 1.29 is 0 Å². The largest absolute Gasteiger partial charge is 0.338 e. The Morgan fingerprint density at radius 3 is 3.00 bits per heavy atom. The molecule has 0 aliphatic rings. The van der Waals surface area contributed by atoms with Crippen LogP contribution in [0.2, 0.25) is 0 Å². The summed E-state index contributed by atoms with van der Waals surface area (Å²) in [7, 11) is 0. The molecule has 0 amide bonds. The summed E-state index contributed by atoms with van der Waals surface area (Å²) in [5, 5.41) is 9.06. The second kappa shape index (κ2) is 3.67. The maximum atomic E-state index is 5.25. The van der Waals surface area contributed by atoms with Gasteiger partial charge in [-0.3, -0.25) is 5.43 Å². The van der Waals surface area contributed by atoms with Crippen LogP contribution >= 0.6 is 0 Å². The van der Waals surface area contributed by atoms with Crippen LogP contribution in [0.1, 0.15) is 12.5 Å². The highest BCUT2D eigenvalue weighted by Crippen LogP contribution is 2.23. The van der Waals surface area contributed by atoms with Gasteiger partial charge in [0.05, 0.1) is 0 Å². The molecular weight excluding hydrogens is 216 g/mol. The summed E-state index contributed by atoms with van der Waals surface area (Å²) < 4.78 is 0. The van der Waals surface area contributed by atoms with Crippen LogP contribution in [0, 0.1) is 0 Å². The topological polar surface area (TPSA) is 92.5 Å². The molecule has 0 unspecified atom stereocenters. The fourth-order valence-corrected chi connectivity index (χ4v) is 1.90. The molecule has 4 N–H and O–H groups in total. The number of aromatic amines is 1. The Morgan fingerprint density at radius 2 is 2.24 bits per heavy atom. The Hall–Kier alpha value is -2.21. The van der Waals surface area contributed by atoms with E-state index >= 15 is 0 Å². The van der Waals surface area contributed by atoms with E-state index in [9.17, 15) is 0 Å². The van der Waals surface area contributed by atoms with Crippen LogP contribution in [0.25, 0.3) is 22.1 Å². The third-order valence-electron chi connectivity index (χ3n) is 2.82. The first-order valence-electron chi connectivity index (χ1n) is 5.43. The highest BCUT2D eigenvalue weighted by molar-refractivity contribution is 6.03. The number of hydrazine groups is 1. The number of benzene rings is 1. The Balaban J connectivity index is 2.34. The van der Waals surface area contributed by atoms with E-state index in [-0.39, 0.29) is 0 Å². The molecular formula is C11H12N6. The van der Waals surface area contributed by atoms with Gasteiger partial charge in [-0.25, -0.2) is 5.84 Å². The minimum Gasteiger partial charge on any atom is -0.338 e. The molecule has 17 heavy (non-hydrogen) atoms. The summed E-state index contributed by atoms with van der Waals surface area (Å²) in [5.74, 6) is 5.56. The third kappa shape index (κ3) is 1.50. The van der Waals surface area contributed by atoms with Gasteiger partial charge in [-0.1, -0.05) is 13.0 Å². The highest BCUT2D eigenvalue weighted by atomic mass is 15.3. The first kappa shape index (κ1) is 9.98. The lowest BCUT2D eigenvalue weighted by Crippen LogP contribution is -2.11. The predicted molar refractivity (Wildman–Crippen MR) is 66.4 cm³/mol. The van der Waals surface area contributed by atoms with Crippen LogP contribution in [0.15, 0.2) is 18.2 Å². The standard InChI is InChI=1S/C11H12N6/c1-2-6-3-4-8-7(5-6)9-10(13-8)14-11(15-12)17-16-9/h3-5H,2,12H2,1H3,(H2,13,14,15,17). The van der Waals surface area contributed by atoms with E-state index in [1.165, 1.54) is 5.56 Å². The van der Waals surface area contributed by atoms with Gasteiger partial charge >= 0.3 is 0 Å². The van der Waals surface area contributed by atoms with Gasteiger partial charge in [-0.2, -0.15) is 4.98 Å². The molecule has 0 saturated heterocycles. The van der Waals surface area contributed by atoms with Crippen molar-refractivity contribution >= 4 is 28.0 Å². The maximum Gasteiger partial charge on any atom is 0.258 e. The molecule has 6 nitrogen and oxygen atoms in total. The Kier molecular flexibility index (Phi) is 2.15. The molecule has 3 rings (SSSR count). The van der Waals surface area contributed by atoms with Crippen LogP contribution < -0.4 is 11.3 Å². The molecule has 2 heterocycles. The molecule has 86 valence electrons. The molecule has 0 aliphatic heterocycles. The maximum absolute atomic E-state index is 5.25. The minimum absolute atomic E-state index is 0.305. The molecule has 0 fully saturated rings. The number of aromatic nitrogens is 4. The first-order chi connectivity index (χ1) is 8.31. The minimum atomic E-state index is 0.305. The lowest BCUT2D eigenvalue weighted by atomic mass is 10.1. The second-order valence-electron chi connectivity index (χ2n) is 3.84. The van der Waals surface area contributed by atoms with Crippen LogP contribution in [0.4, 0.5) is 5.95 Å². The number of nitrogen functional groups attached to an aromatic ring is 1. The van der Waals surface area contributed by atoms with E-state index in [0.717, 1.165) is 22.8 Å². The second-order valence-corrected chi connectivity index (χ2v) is 3.84. The van der Waals surface area contributed by atoms with Gasteiger partial charge in [0.25, 0.3) is 5.95 Å². The molecule has 2 aromatic heterocycles. The van der Waals surface area contributed by atoms with E-state index in [0.29, 0.717) is 11.6 Å². The molecule has 0 bridgehead atoms. The van der Waals surface area contributed by atoms with Crippen molar-refractivity contribution in [3.8, 4) is 0 Å². The molecule has 0 radical (unpaired) electrons. The zero-order valence-electron chi connectivity index (χ0n) is 9.36. The van der Waals surface area contributed by atoms with Crippen molar-refractivity contribution in [1.82, 2.24) is 20.2 Å². The summed E-state index contributed by atoms with van der Waals surface area (Å²) in [4.78, 5) is 7.42. The monoisotopic (exact) mass is 228 g/mol. The molecule has 6 heteroatoms. The number of hydrogen-bond acceptors (Lipinski definition) is 5. The van der Waals surface area contributed by atoms with Gasteiger partial charge in [-0.05, 0) is 24.1 Å². The molecule has 0 spiro atoms. The molecule has 1 aromatic carbocycles. The zero-order chi connectivity index (χ0) is 11.8. The number of nitrogens with zero attached hydrogens (tertiary/aromatic N) is 3. The Bertz CT molecular complexity index is 687. The van der Waals surface area contributed by atoms with Crippen molar-refractivity contribution in [2.24, 2.45) is 5.84 Å². The van der Waals surface area contributed by atoms with Gasteiger partial charge in [0.15, 0.2) is 5.65 Å². The van der Waals surface area contributed by atoms with Crippen LogP contribution in [0.3, 0.4) is 0 Å². The van der Waals surface area contributed by atoms with Crippen molar-refractivity contribution in [3.05, 3.63) is 23.8 Å². The average molecular weight is 228 g/mol. The van der Waals surface area contributed by atoms with Gasteiger partial charge in [0, 0.05) is 10.9 Å². The quantitative estimate of drug-likeness (QED) is 0.455. The van der Waals surface area contributed by atoms with Crippen LogP contribution in [-0.4, -0.2) is 20.2 Å². The van der Waals surface area contributed by atoms with Crippen molar-refractivity contribution in [2.75, 3.05) is 5.43 Å². The van der Waals surface area contributed by atoms with E-state index in [2.05, 4.69) is 44.6 Å². The first-order valence-corrected chi connectivity index (χ1v) is 5.43. The van der Waals surface area contributed by atoms with Gasteiger partial charge in [0.2, 0.25) is 0 Å². The molecule has 0 atom stereocenters.